The first kappa shape index (κ1) is 17.7. The predicted molar refractivity (Wildman–Crippen MR) is 105 cm³/mol. The van der Waals surface area contributed by atoms with E-state index in [0.29, 0.717) is 28.6 Å². The van der Waals surface area contributed by atoms with Crippen LogP contribution in [0.25, 0.3) is 0 Å². The molecule has 0 aliphatic rings. The summed E-state index contributed by atoms with van der Waals surface area (Å²) in [5.41, 5.74) is 8.27. The van der Waals surface area contributed by atoms with Crippen molar-refractivity contribution < 1.29 is 9.53 Å². The van der Waals surface area contributed by atoms with Crippen LogP contribution in [0.2, 0.25) is 0 Å². The SMILES string of the molecule is COC(=O)c1ccccc1Nc1ncnc(Nc2ccccc2Br)c1N. The highest BCUT2D eigenvalue weighted by molar-refractivity contribution is 9.10. The second-order valence-corrected chi connectivity index (χ2v) is 6.11. The highest BCUT2D eigenvalue weighted by Gasteiger charge is 2.14. The summed E-state index contributed by atoms with van der Waals surface area (Å²) in [6.45, 7) is 0. The Kier molecular flexibility index (Phi) is 5.33. The quantitative estimate of drug-likeness (QED) is 0.541. The Morgan fingerprint density at radius 2 is 1.58 bits per heavy atom. The first-order chi connectivity index (χ1) is 12.6. The van der Waals surface area contributed by atoms with Crippen molar-refractivity contribution in [2.24, 2.45) is 0 Å². The third kappa shape index (κ3) is 3.75. The summed E-state index contributed by atoms with van der Waals surface area (Å²) in [7, 11) is 1.33. The average molecular weight is 414 g/mol. The summed E-state index contributed by atoms with van der Waals surface area (Å²) < 4.78 is 5.68. The Balaban J connectivity index is 1.91. The zero-order chi connectivity index (χ0) is 18.5. The number of nitrogens with two attached hydrogens (primary N) is 1. The molecule has 0 saturated heterocycles. The molecule has 4 N–H and O–H groups in total. The van der Waals surface area contributed by atoms with Gasteiger partial charge in [0, 0.05) is 4.47 Å². The van der Waals surface area contributed by atoms with Crippen molar-refractivity contribution in [3.05, 3.63) is 64.9 Å². The number of benzene rings is 2. The van der Waals surface area contributed by atoms with Gasteiger partial charge < -0.3 is 21.1 Å². The minimum atomic E-state index is -0.452. The van der Waals surface area contributed by atoms with Crippen molar-refractivity contribution in [2.75, 3.05) is 23.5 Å². The van der Waals surface area contributed by atoms with Crippen molar-refractivity contribution in [1.29, 1.82) is 0 Å². The molecule has 0 amide bonds. The molecule has 3 rings (SSSR count). The van der Waals surface area contributed by atoms with E-state index in [1.807, 2.05) is 24.3 Å². The van der Waals surface area contributed by atoms with E-state index in [1.165, 1.54) is 13.4 Å². The lowest BCUT2D eigenvalue weighted by Gasteiger charge is -2.14. The van der Waals surface area contributed by atoms with Gasteiger partial charge in [-0.3, -0.25) is 0 Å². The molecule has 2 aromatic carbocycles. The Bertz CT molecular complexity index is 948. The van der Waals surface area contributed by atoms with Gasteiger partial charge >= 0.3 is 5.97 Å². The van der Waals surface area contributed by atoms with Gasteiger partial charge in [0.15, 0.2) is 11.6 Å². The Morgan fingerprint density at radius 1 is 1.00 bits per heavy atom. The fourth-order valence-corrected chi connectivity index (χ4v) is 2.68. The van der Waals surface area contributed by atoms with Crippen molar-refractivity contribution in [1.82, 2.24) is 9.97 Å². The lowest BCUT2D eigenvalue weighted by Crippen LogP contribution is -2.09. The third-order valence-corrected chi connectivity index (χ3v) is 4.29. The summed E-state index contributed by atoms with van der Waals surface area (Å²) in [5.74, 6) is 0.378. The highest BCUT2D eigenvalue weighted by Crippen LogP contribution is 2.31. The van der Waals surface area contributed by atoms with E-state index in [4.69, 9.17) is 10.5 Å². The van der Waals surface area contributed by atoms with Crippen LogP contribution in [-0.4, -0.2) is 23.0 Å². The van der Waals surface area contributed by atoms with Gasteiger partial charge in [-0.05, 0) is 40.2 Å². The van der Waals surface area contributed by atoms with E-state index in [-0.39, 0.29) is 0 Å². The van der Waals surface area contributed by atoms with Gasteiger partial charge in [0.05, 0.1) is 24.0 Å². The molecular weight excluding hydrogens is 398 g/mol. The number of hydrogen-bond acceptors (Lipinski definition) is 7. The largest absolute Gasteiger partial charge is 0.465 e. The van der Waals surface area contributed by atoms with Crippen LogP contribution in [0.15, 0.2) is 59.3 Å². The van der Waals surface area contributed by atoms with Crippen LogP contribution in [-0.2, 0) is 4.74 Å². The van der Waals surface area contributed by atoms with E-state index in [9.17, 15) is 4.79 Å². The van der Waals surface area contributed by atoms with Gasteiger partial charge in [-0.1, -0.05) is 24.3 Å². The molecule has 1 heterocycles. The number of ether oxygens (including phenoxy) is 1. The molecule has 0 unspecified atom stereocenters. The molecule has 0 aliphatic carbocycles. The fraction of sp³-hybridized carbons (Fsp3) is 0.0556. The number of rotatable bonds is 5. The molecule has 0 atom stereocenters. The second kappa shape index (κ2) is 7.83. The minimum absolute atomic E-state index is 0.322. The van der Waals surface area contributed by atoms with Crippen LogP contribution in [0.4, 0.5) is 28.7 Å². The van der Waals surface area contributed by atoms with Crippen molar-refractivity contribution in [3.8, 4) is 0 Å². The number of nitrogens with zero attached hydrogens (tertiary/aromatic N) is 2. The number of para-hydroxylation sites is 2. The van der Waals surface area contributed by atoms with E-state index >= 15 is 0 Å². The van der Waals surface area contributed by atoms with Gasteiger partial charge in [0.1, 0.15) is 12.0 Å². The standard InChI is InChI=1S/C18H16BrN5O2/c1-26-18(25)11-6-2-4-8-13(11)23-16-15(20)17(22-10-21-16)24-14-9-5-3-7-12(14)19/h2-10H,20H2,1H3,(H2,21,22,23,24). The second-order valence-electron chi connectivity index (χ2n) is 5.25. The smallest absolute Gasteiger partial charge is 0.339 e. The van der Waals surface area contributed by atoms with E-state index in [2.05, 4.69) is 36.5 Å². The summed E-state index contributed by atoms with van der Waals surface area (Å²) >= 11 is 3.47. The average Bonchev–Trinajstić information content (AvgIpc) is 2.66. The molecule has 0 spiro atoms. The first-order valence-corrected chi connectivity index (χ1v) is 8.46. The third-order valence-electron chi connectivity index (χ3n) is 3.60. The van der Waals surface area contributed by atoms with Crippen LogP contribution < -0.4 is 16.4 Å². The number of carbonyl (C=O) groups excluding carboxylic acids is 1. The maximum absolute atomic E-state index is 11.9. The van der Waals surface area contributed by atoms with Crippen molar-refractivity contribution in [3.63, 3.8) is 0 Å². The molecule has 0 saturated carbocycles. The number of aromatic nitrogens is 2. The van der Waals surface area contributed by atoms with Gasteiger partial charge in [-0.2, -0.15) is 0 Å². The monoisotopic (exact) mass is 413 g/mol. The van der Waals surface area contributed by atoms with Crippen LogP contribution >= 0.6 is 15.9 Å². The van der Waals surface area contributed by atoms with Crippen molar-refractivity contribution >= 4 is 50.6 Å². The minimum Gasteiger partial charge on any atom is -0.465 e. The molecule has 0 fully saturated rings. The Hall–Kier alpha value is -3.13. The molecule has 0 radical (unpaired) electrons. The molecule has 0 aliphatic heterocycles. The molecule has 1 aromatic heterocycles. The maximum Gasteiger partial charge on any atom is 0.339 e. The summed E-state index contributed by atoms with van der Waals surface area (Å²) in [6, 6.07) is 14.6. The number of carbonyl (C=O) groups is 1. The summed E-state index contributed by atoms with van der Waals surface area (Å²) in [4.78, 5) is 20.3. The van der Waals surface area contributed by atoms with E-state index in [0.717, 1.165) is 10.2 Å². The van der Waals surface area contributed by atoms with Gasteiger partial charge in [-0.25, -0.2) is 14.8 Å². The number of methoxy groups -OCH3 is 1. The summed E-state index contributed by atoms with van der Waals surface area (Å²) in [6.07, 6.45) is 1.39. The molecular formula is C18H16BrN5O2. The molecule has 0 bridgehead atoms. The predicted octanol–water partition coefficient (Wildman–Crippen LogP) is 4.10. The number of halogens is 1. The molecule has 8 heteroatoms. The Morgan fingerprint density at radius 3 is 2.23 bits per heavy atom. The van der Waals surface area contributed by atoms with E-state index in [1.54, 1.807) is 24.3 Å². The number of esters is 1. The lowest BCUT2D eigenvalue weighted by atomic mass is 10.2. The zero-order valence-electron chi connectivity index (χ0n) is 13.9. The number of anilines is 5. The summed E-state index contributed by atoms with van der Waals surface area (Å²) in [5, 5.41) is 6.23. The highest BCUT2D eigenvalue weighted by atomic mass is 79.9. The maximum atomic E-state index is 11.9. The molecule has 26 heavy (non-hydrogen) atoms. The van der Waals surface area contributed by atoms with Crippen LogP contribution in [0, 0.1) is 0 Å². The topological polar surface area (TPSA) is 102 Å². The number of nitrogens with one attached hydrogen (secondary N) is 2. The van der Waals surface area contributed by atoms with E-state index < -0.39 is 5.97 Å². The number of nitrogen functional groups attached to an aromatic ring is 1. The van der Waals surface area contributed by atoms with Crippen LogP contribution in [0.3, 0.4) is 0 Å². The van der Waals surface area contributed by atoms with Gasteiger partial charge in [-0.15, -0.1) is 0 Å². The first-order valence-electron chi connectivity index (χ1n) is 7.66. The normalized spacial score (nSPS) is 10.2. The molecule has 3 aromatic rings. The molecule has 7 nitrogen and oxygen atoms in total. The van der Waals surface area contributed by atoms with Gasteiger partial charge in [0.25, 0.3) is 0 Å². The van der Waals surface area contributed by atoms with Crippen LogP contribution in [0.5, 0.6) is 0 Å². The Labute approximate surface area is 158 Å². The fourth-order valence-electron chi connectivity index (χ4n) is 2.29. The van der Waals surface area contributed by atoms with Crippen LogP contribution in [0.1, 0.15) is 10.4 Å². The van der Waals surface area contributed by atoms with Crippen molar-refractivity contribution in [2.45, 2.75) is 0 Å². The van der Waals surface area contributed by atoms with Gasteiger partial charge in [0.2, 0.25) is 0 Å². The zero-order valence-corrected chi connectivity index (χ0v) is 15.4. The molecule has 132 valence electrons. The lowest BCUT2D eigenvalue weighted by molar-refractivity contribution is 0.0602. The number of hydrogen-bond donors (Lipinski definition) is 3.